The number of rotatable bonds is 4. The van der Waals surface area contributed by atoms with Gasteiger partial charge in [0, 0.05) is 6.20 Å². The lowest BCUT2D eigenvalue weighted by Crippen LogP contribution is -2.37. The summed E-state index contributed by atoms with van der Waals surface area (Å²) in [4.78, 5) is 3.62. The Morgan fingerprint density at radius 3 is 2.04 bits per heavy atom. The zero-order chi connectivity index (χ0) is 17.9. The van der Waals surface area contributed by atoms with Gasteiger partial charge in [-0.15, -0.1) is 0 Å². The van der Waals surface area contributed by atoms with Crippen LogP contribution in [0.15, 0.2) is 78.1 Å². The standard InChI is InChI=1S/C20H16ClFN2O/c1-14(24-25)20(15-8-4-2-5-9-15,16-10-6-3-7-11-16)17-12-19(22)23-13-18(17)21/h2-13,25H,1H3. The van der Waals surface area contributed by atoms with E-state index < -0.39 is 11.4 Å². The van der Waals surface area contributed by atoms with Gasteiger partial charge in [-0.25, -0.2) is 4.98 Å². The maximum absolute atomic E-state index is 14.0. The Bertz CT molecular complexity index is 859. The van der Waals surface area contributed by atoms with E-state index in [1.54, 1.807) is 6.92 Å². The molecule has 2 aromatic carbocycles. The van der Waals surface area contributed by atoms with Gasteiger partial charge in [0.1, 0.15) is 0 Å². The first-order valence-corrected chi connectivity index (χ1v) is 8.10. The molecular formula is C20H16ClFN2O. The average molecular weight is 355 g/mol. The van der Waals surface area contributed by atoms with Crippen LogP contribution in [0.3, 0.4) is 0 Å². The zero-order valence-corrected chi connectivity index (χ0v) is 14.3. The quantitative estimate of drug-likeness (QED) is 0.308. The van der Waals surface area contributed by atoms with E-state index in [4.69, 9.17) is 11.6 Å². The fraction of sp³-hybridized carbons (Fsp3) is 0.100. The van der Waals surface area contributed by atoms with Crippen LogP contribution in [-0.4, -0.2) is 15.9 Å². The lowest BCUT2D eigenvalue weighted by Gasteiger charge is -2.35. The van der Waals surface area contributed by atoms with Crippen LogP contribution in [0.4, 0.5) is 4.39 Å². The van der Waals surface area contributed by atoms with Crippen LogP contribution in [-0.2, 0) is 5.41 Å². The van der Waals surface area contributed by atoms with E-state index in [0.29, 0.717) is 11.3 Å². The summed E-state index contributed by atoms with van der Waals surface area (Å²) in [7, 11) is 0. The fourth-order valence-electron chi connectivity index (χ4n) is 3.24. The molecular weight excluding hydrogens is 339 g/mol. The summed E-state index contributed by atoms with van der Waals surface area (Å²) in [5, 5.41) is 13.4. The van der Waals surface area contributed by atoms with Crippen LogP contribution >= 0.6 is 11.6 Å². The Hall–Kier alpha value is -2.72. The van der Waals surface area contributed by atoms with Crippen molar-refractivity contribution in [1.82, 2.24) is 4.98 Å². The number of pyridine rings is 1. The summed E-state index contributed by atoms with van der Waals surface area (Å²) in [5.41, 5.74) is 1.41. The van der Waals surface area contributed by atoms with Crippen molar-refractivity contribution >= 4 is 17.3 Å². The van der Waals surface area contributed by atoms with Crippen molar-refractivity contribution in [3.63, 3.8) is 0 Å². The SMILES string of the molecule is CC(=NO)C(c1ccccc1)(c1ccccc1)c1cc(F)ncc1Cl. The van der Waals surface area contributed by atoms with Gasteiger partial charge in [-0.3, -0.25) is 0 Å². The van der Waals surface area contributed by atoms with Gasteiger partial charge >= 0.3 is 0 Å². The van der Waals surface area contributed by atoms with Crippen LogP contribution in [0.1, 0.15) is 23.6 Å². The second-order valence-electron chi connectivity index (χ2n) is 5.65. The van der Waals surface area contributed by atoms with Gasteiger partial charge in [0.05, 0.1) is 16.1 Å². The molecule has 1 aromatic heterocycles. The Kier molecular flexibility index (Phi) is 4.81. The van der Waals surface area contributed by atoms with Crippen LogP contribution in [0.5, 0.6) is 0 Å². The van der Waals surface area contributed by atoms with Gasteiger partial charge in [0.2, 0.25) is 5.95 Å². The molecule has 3 aromatic rings. The van der Waals surface area contributed by atoms with Gasteiger partial charge in [0.15, 0.2) is 0 Å². The van der Waals surface area contributed by atoms with Crippen LogP contribution < -0.4 is 0 Å². The molecule has 0 bridgehead atoms. The number of nitrogens with zero attached hydrogens (tertiary/aromatic N) is 2. The molecule has 0 aliphatic rings. The molecule has 1 N–H and O–H groups in total. The molecule has 0 atom stereocenters. The van der Waals surface area contributed by atoms with E-state index in [-0.39, 0.29) is 5.02 Å². The van der Waals surface area contributed by atoms with Crippen molar-refractivity contribution in [3.05, 3.63) is 101 Å². The number of hydrogen-bond acceptors (Lipinski definition) is 3. The minimum atomic E-state index is -1.04. The van der Waals surface area contributed by atoms with Crippen molar-refractivity contribution in [1.29, 1.82) is 0 Å². The Morgan fingerprint density at radius 2 is 1.56 bits per heavy atom. The van der Waals surface area contributed by atoms with E-state index in [1.807, 2.05) is 60.7 Å². The van der Waals surface area contributed by atoms with Crippen LogP contribution in [0, 0.1) is 5.95 Å². The molecule has 0 saturated heterocycles. The Labute approximate surface area is 150 Å². The van der Waals surface area contributed by atoms with Crippen molar-refractivity contribution < 1.29 is 9.60 Å². The highest BCUT2D eigenvalue weighted by Crippen LogP contribution is 2.43. The summed E-state index contributed by atoms with van der Waals surface area (Å²) in [5.74, 6) is -0.652. The monoisotopic (exact) mass is 354 g/mol. The Balaban J connectivity index is 2.48. The van der Waals surface area contributed by atoms with Crippen molar-refractivity contribution in [2.45, 2.75) is 12.3 Å². The number of hydrogen-bond donors (Lipinski definition) is 1. The molecule has 0 fully saturated rings. The minimum Gasteiger partial charge on any atom is -0.411 e. The van der Waals surface area contributed by atoms with Gasteiger partial charge in [-0.1, -0.05) is 77.4 Å². The maximum Gasteiger partial charge on any atom is 0.213 e. The predicted molar refractivity (Wildman–Crippen MR) is 96.9 cm³/mol. The van der Waals surface area contributed by atoms with Crippen molar-refractivity contribution in [2.24, 2.45) is 5.16 Å². The van der Waals surface area contributed by atoms with E-state index in [9.17, 15) is 9.60 Å². The number of aromatic nitrogens is 1. The zero-order valence-electron chi connectivity index (χ0n) is 13.5. The topological polar surface area (TPSA) is 45.5 Å². The molecule has 0 aliphatic heterocycles. The molecule has 0 aliphatic carbocycles. The molecule has 0 radical (unpaired) electrons. The van der Waals surface area contributed by atoms with E-state index >= 15 is 0 Å². The second kappa shape index (κ2) is 7.03. The van der Waals surface area contributed by atoms with Crippen molar-refractivity contribution in [2.75, 3.05) is 0 Å². The second-order valence-corrected chi connectivity index (χ2v) is 6.06. The highest BCUT2D eigenvalue weighted by molar-refractivity contribution is 6.32. The molecule has 0 spiro atoms. The van der Waals surface area contributed by atoms with Gasteiger partial charge in [-0.2, -0.15) is 4.39 Å². The van der Waals surface area contributed by atoms with Gasteiger partial charge in [-0.05, 0) is 29.7 Å². The first kappa shape index (κ1) is 17.1. The molecule has 3 rings (SSSR count). The summed E-state index contributed by atoms with van der Waals surface area (Å²) < 4.78 is 14.0. The summed E-state index contributed by atoms with van der Waals surface area (Å²) >= 11 is 6.42. The third-order valence-corrected chi connectivity index (χ3v) is 4.63. The molecule has 3 nitrogen and oxygen atoms in total. The normalized spacial score (nSPS) is 12.2. The average Bonchev–Trinajstić information content (AvgIpc) is 2.66. The van der Waals surface area contributed by atoms with E-state index in [2.05, 4.69) is 10.1 Å². The molecule has 0 saturated carbocycles. The highest BCUT2D eigenvalue weighted by Gasteiger charge is 2.41. The van der Waals surface area contributed by atoms with Crippen molar-refractivity contribution in [3.8, 4) is 0 Å². The highest BCUT2D eigenvalue weighted by atomic mass is 35.5. The van der Waals surface area contributed by atoms with Gasteiger partial charge in [0.25, 0.3) is 0 Å². The van der Waals surface area contributed by atoms with Crippen LogP contribution in [0.25, 0.3) is 0 Å². The first-order chi connectivity index (χ1) is 12.1. The molecule has 1 heterocycles. The number of halogens is 2. The molecule has 126 valence electrons. The lowest BCUT2D eigenvalue weighted by molar-refractivity contribution is 0.315. The summed E-state index contributed by atoms with van der Waals surface area (Å²) in [6.07, 6.45) is 1.28. The smallest absolute Gasteiger partial charge is 0.213 e. The third kappa shape index (κ3) is 2.89. The Morgan fingerprint density at radius 1 is 1.04 bits per heavy atom. The largest absolute Gasteiger partial charge is 0.411 e. The third-order valence-electron chi connectivity index (χ3n) is 4.33. The summed E-state index contributed by atoms with van der Waals surface area (Å²) in [6, 6.07) is 20.2. The van der Waals surface area contributed by atoms with E-state index in [0.717, 1.165) is 11.1 Å². The minimum absolute atomic E-state index is 0.289. The summed E-state index contributed by atoms with van der Waals surface area (Å²) in [6.45, 7) is 1.69. The first-order valence-electron chi connectivity index (χ1n) is 7.72. The number of oxime groups is 1. The predicted octanol–water partition coefficient (Wildman–Crippen LogP) is 5.06. The molecule has 0 unspecified atom stereocenters. The fourth-order valence-corrected chi connectivity index (χ4v) is 3.49. The molecule has 25 heavy (non-hydrogen) atoms. The molecule has 0 amide bonds. The van der Waals surface area contributed by atoms with E-state index in [1.165, 1.54) is 12.3 Å². The lowest BCUT2D eigenvalue weighted by atomic mass is 9.67. The maximum atomic E-state index is 14.0. The molecule has 5 heteroatoms. The number of benzene rings is 2. The van der Waals surface area contributed by atoms with Gasteiger partial charge < -0.3 is 5.21 Å². The van der Waals surface area contributed by atoms with Crippen LogP contribution in [0.2, 0.25) is 5.02 Å².